The van der Waals surface area contributed by atoms with Crippen LogP contribution in [0.2, 0.25) is 0 Å². The number of anilines is 1. The number of benzene rings is 1. The molecule has 6 heteroatoms. The van der Waals surface area contributed by atoms with Crippen molar-refractivity contribution >= 4 is 11.7 Å². The van der Waals surface area contributed by atoms with Crippen molar-refractivity contribution in [3.63, 3.8) is 0 Å². The second-order valence-corrected chi connectivity index (χ2v) is 6.05. The summed E-state index contributed by atoms with van der Waals surface area (Å²) in [4.78, 5) is 19.2. The van der Waals surface area contributed by atoms with Crippen molar-refractivity contribution in [1.82, 2.24) is 10.3 Å². The summed E-state index contributed by atoms with van der Waals surface area (Å²) < 4.78 is 10.5. The lowest BCUT2D eigenvalue weighted by Gasteiger charge is -2.34. The molecule has 0 radical (unpaired) electrons. The van der Waals surface area contributed by atoms with Crippen LogP contribution >= 0.6 is 0 Å². The van der Waals surface area contributed by atoms with Crippen molar-refractivity contribution in [2.45, 2.75) is 18.9 Å². The van der Waals surface area contributed by atoms with Crippen molar-refractivity contribution in [2.75, 3.05) is 32.2 Å². The molecule has 2 aromatic rings. The molecule has 3 rings (SSSR count). The maximum atomic E-state index is 12.6. The summed E-state index contributed by atoms with van der Waals surface area (Å²) in [5.41, 5.74) is 0.533. The minimum absolute atomic E-state index is 0.0838. The van der Waals surface area contributed by atoms with Gasteiger partial charge in [-0.3, -0.25) is 4.79 Å². The van der Waals surface area contributed by atoms with E-state index in [1.165, 1.54) is 0 Å². The smallest absolute Gasteiger partial charge is 0.251 e. The summed E-state index contributed by atoms with van der Waals surface area (Å²) in [5, 5.41) is 3.12. The third-order valence-electron chi connectivity index (χ3n) is 4.34. The molecule has 1 N–H and O–H groups in total. The highest BCUT2D eigenvalue weighted by Gasteiger charge is 2.23. The van der Waals surface area contributed by atoms with E-state index in [1.807, 2.05) is 18.2 Å². The maximum absolute atomic E-state index is 12.6. The fraction of sp³-hybridized carbons (Fsp3) is 0.368. The summed E-state index contributed by atoms with van der Waals surface area (Å²) in [7, 11) is 3.14. The van der Waals surface area contributed by atoms with E-state index < -0.39 is 0 Å². The Morgan fingerprint density at radius 3 is 2.60 bits per heavy atom. The predicted molar refractivity (Wildman–Crippen MR) is 96.5 cm³/mol. The predicted octanol–water partition coefficient (Wildman–Crippen LogP) is 2.50. The summed E-state index contributed by atoms with van der Waals surface area (Å²) in [6.45, 7) is 1.71. The summed E-state index contributed by atoms with van der Waals surface area (Å²) >= 11 is 0. The molecule has 25 heavy (non-hydrogen) atoms. The monoisotopic (exact) mass is 341 g/mol. The Labute approximate surface area is 147 Å². The number of carbonyl (C=O) groups excluding carboxylic acids is 1. The lowest BCUT2D eigenvalue weighted by Crippen LogP contribution is -2.48. The number of pyridine rings is 1. The Hall–Kier alpha value is -2.76. The highest BCUT2D eigenvalue weighted by molar-refractivity contribution is 5.95. The van der Waals surface area contributed by atoms with Crippen molar-refractivity contribution in [1.29, 1.82) is 0 Å². The van der Waals surface area contributed by atoms with Crippen LogP contribution in [0.1, 0.15) is 23.2 Å². The Balaban J connectivity index is 1.68. The van der Waals surface area contributed by atoms with Crippen LogP contribution in [-0.2, 0) is 0 Å². The van der Waals surface area contributed by atoms with Crippen molar-refractivity contribution in [3.8, 4) is 11.5 Å². The number of piperidine rings is 1. The fourth-order valence-electron chi connectivity index (χ4n) is 3.05. The van der Waals surface area contributed by atoms with Gasteiger partial charge in [0.15, 0.2) is 0 Å². The Kier molecular flexibility index (Phi) is 5.38. The molecule has 1 aliphatic rings. The number of aromatic nitrogens is 1. The quantitative estimate of drug-likeness (QED) is 0.905. The molecule has 0 saturated carbocycles. The van der Waals surface area contributed by atoms with Gasteiger partial charge in [0.1, 0.15) is 17.3 Å². The van der Waals surface area contributed by atoms with E-state index in [4.69, 9.17) is 9.47 Å². The van der Waals surface area contributed by atoms with Crippen LogP contribution in [0.4, 0.5) is 5.82 Å². The summed E-state index contributed by atoms with van der Waals surface area (Å²) in [5.74, 6) is 2.03. The van der Waals surface area contributed by atoms with Gasteiger partial charge in [0, 0.05) is 37.0 Å². The van der Waals surface area contributed by atoms with E-state index in [-0.39, 0.29) is 11.9 Å². The number of nitrogens with one attached hydrogen (secondary N) is 1. The number of amides is 1. The van der Waals surface area contributed by atoms with Crippen molar-refractivity contribution < 1.29 is 14.3 Å². The van der Waals surface area contributed by atoms with Crippen LogP contribution in [0.5, 0.6) is 11.5 Å². The molecule has 0 bridgehead atoms. The van der Waals surface area contributed by atoms with Crippen LogP contribution < -0.4 is 19.7 Å². The zero-order chi connectivity index (χ0) is 17.6. The van der Waals surface area contributed by atoms with Crippen molar-refractivity contribution in [3.05, 3.63) is 48.2 Å². The van der Waals surface area contributed by atoms with Crippen LogP contribution in [-0.4, -0.2) is 44.2 Å². The average Bonchev–Trinajstić information content (AvgIpc) is 2.68. The topological polar surface area (TPSA) is 63.7 Å². The SMILES string of the molecule is COc1cc(OC)cc(C(=O)NC2CCCN(c3ccccn3)C2)c1. The lowest BCUT2D eigenvalue weighted by atomic mass is 10.0. The van der Waals surface area contributed by atoms with Gasteiger partial charge in [0.25, 0.3) is 5.91 Å². The van der Waals surface area contributed by atoms with Gasteiger partial charge >= 0.3 is 0 Å². The molecule has 0 aliphatic carbocycles. The van der Waals surface area contributed by atoms with Gasteiger partial charge in [-0.1, -0.05) is 6.07 Å². The molecule has 1 atom stereocenters. The zero-order valence-electron chi connectivity index (χ0n) is 14.6. The van der Waals surface area contributed by atoms with Crippen LogP contribution in [0.15, 0.2) is 42.6 Å². The number of rotatable bonds is 5. The molecular weight excluding hydrogens is 318 g/mol. The normalized spacial score (nSPS) is 17.0. The first-order chi connectivity index (χ1) is 12.2. The molecule has 1 aliphatic heterocycles. The summed E-state index contributed by atoms with van der Waals surface area (Å²) in [6.07, 6.45) is 3.76. The van der Waals surface area contributed by atoms with Crippen LogP contribution in [0.25, 0.3) is 0 Å². The van der Waals surface area contributed by atoms with E-state index in [2.05, 4.69) is 15.2 Å². The molecular formula is C19H23N3O3. The van der Waals surface area contributed by atoms with E-state index >= 15 is 0 Å². The molecule has 1 amide bonds. The third kappa shape index (κ3) is 4.21. The first-order valence-electron chi connectivity index (χ1n) is 8.39. The van der Waals surface area contributed by atoms with Gasteiger partial charge in [-0.05, 0) is 37.1 Å². The van der Waals surface area contributed by atoms with Gasteiger partial charge in [-0.25, -0.2) is 4.98 Å². The number of hydrogen-bond acceptors (Lipinski definition) is 5. The first kappa shape index (κ1) is 17.1. The Bertz CT molecular complexity index is 699. The van der Waals surface area contributed by atoms with E-state index in [9.17, 15) is 4.79 Å². The largest absolute Gasteiger partial charge is 0.497 e. The number of hydrogen-bond donors (Lipinski definition) is 1. The van der Waals surface area contributed by atoms with Crippen LogP contribution in [0, 0.1) is 0 Å². The van der Waals surface area contributed by atoms with Crippen LogP contribution in [0.3, 0.4) is 0 Å². The van der Waals surface area contributed by atoms with E-state index in [0.717, 1.165) is 31.7 Å². The average molecular weight is 341 g/mol. The second-order valence-electron chi connectivity index (χ2n) is 6.05. The molecule has 1 unspecified atom stereocenters. The zero-order valence-corrected chi connectivity index (χ0v) is 14.6. The third-order valence-corrected chi connectivity index (χ3v) is 4.34. The minimum Gasteiger partial charge on any atom is -0.497 e. The van der Waals surface area contributed by atoms with Gasteiger partial charge < -0.3 is 19.7 Å². The lowest BCUT2D eigenvalue weighted by molar-refractivity contribution is 0.0932. The van der Waals surface area contributed by atoms with Gasteiger partial charge in [0.05, 0.1) is 14.2 Å². The Morgan fingerprint density at radius 2 is 1.96 bits per heavy atom. The first-order valence-corrected chi connectivity index (χ1v) is 8.39. The number of methoxy groups -OCH3 is 2. The molecule has 1 fully saturated rings. The highest BCUT2D eigenvalue weighted by atomic mass is 16.5. The fourth-order valence-corrected chi connectivity index (χ4v) is 3.05. The molecule has 1 saturated heterocycles. The standard InChI is InChI=1S/C19H23N3O3/c1-24-16-10-14(11-17(12-16)25-2)19(23)21-15-6-5-9-22(13-15)18-7-3-4-8-20-18/h3-4,7-8,10-12,15H,5-6,9,13H2,1-2H3,(H,21,23). The van der Waals surface area contributed by atoms with E-state index in [0.29, 0.717) is 17.1 Å². The number of nitrogens with zero attached hydrogens (tertiary/aromatic N) is 2. The molecule has 1 aromatic carbocycles. The van der Waals surface area contributed by atoms with Crippen molar-refractivity contribution in [2.24, 2.45) is 0 Å². The van der Waals surface area contributed by atoms with E-state index in [1.54, 1.807) is 38.6 Å². The molecule has 1 aromatic heterocycles. The minimum atomic E-state index is -0.120. The number of carbonyl (C=O) groups is 1. The Morgan fingerprint density at radius 1 is 1.20 bits per heavy atom. The highest BCUT2D eigenvalue weighted by Crippen LogP contribution is 2.23. The molecule has 132 valence electrons. The van der Waals surface area contributed by atoms with Gasteiger partial charge in [0.2, 0.25) is 0 Å². The maximum Gasteiger partial charge on any atom is 0.251 e. The second kappa shape index (κ2) is 7.88. The number of ether oxygens (including phenoxy) is 2. The van der Waals surface area contributed by atoms with Gasteiger partial charge in [-0.15, -0.1) is 0 Å². The van der Waals surface area contributed by atoms with Gasteiger partial charge in [-0.2, -0.15) is 0 Å². The molecule has 0 spiro atoms. The summed E-state index contributed by atoms with van der Waals surface area (Å²) in [6, 6.07) is 11.2. The molecule has 6 nitrogen and oxygen atoms in total. The molecule has 2 heterocycles.